The van der Waals surface area contributed by atoms with Gasteiger partial charge in [0.15, 0.2) is 17.1 Å². The number of fused-ring (bicyclic) bond motifs is 3. The zero-order valence-electron chi connectivity index (χ0n) is 19.3. The number of hydrogen-bond donors (Lipinski definition) is 1. The van der Waals surface area contributed by atoms with Crippen molar-refractivity contribution in [1.29, 1.82) is 0 Å². The van der Waals surface area contributed by atoms with Gasteiger partial charge in [-0.15, -0.1) is 5.10 Å². The molecule has 5 rings (SSSR count). The Labute approximate surface area is 202 Å². The van der Waals surface area contributed by atoms with Crippen LogP contribution < -0.4 is 14.8 Å². The predicted molar refractivity (Wildman–Crippen MR) is 132 cm³/mol. The second-order valence-corrected chi connectivity index (χ2v) is 9.77. The number of benzene rings is 3. The molecule has 0 spiro atoms. The topological polar surface area (TPSA) is 108 Å². The maximum Gasteiger partial charge on any atom is 0.229 e. The molecule has 0 bridgehead atoms. The molecule has 10 heteroatoms. The van der Waals surface area contributed by atoms with E-state index in [0.29, 0.717) is 22.8 Å². The molecule has 0 fully saturated rings. The number of rotatable bonds is 7. The summed E-state index contributed by atoms with van der Waals surface area (Å²) < 4.78 is 38.9. The molecule has 9 nitrogen and oxygen atoms in total. The lowest BCUT2D eigenvalue weighted by Crippen LogP contribution is -2.11. The van der Waals surface area contributed by atoms with Crippen LogP contribution in [-0.2, 0) is 9.84 Å². The Bertz CT molecular complexity index is 1630. The van der Waals surface area contributed by atoms with Crippen LogP contribution >= 0.6 is 0 Å². The van der Waals surface area contributed by atoms with E-state index >= 15 is 0 Å². The Morgan fingerprint density at radius 3 is 2.37 bits per heavy atom. The minimum absolute atomic E-state index is 0.130. The summed E-state index contributed by atoms with van der Waals surface area (Å²) in [5, 5.41) is 12.1. The van der Waals surface area contributed by atoms with Crippen LogP contribution in [0.3, 0.4) is 0 Å². The molecular formula is C25H23N5O4S. The molecule has 0 aliphatic rings. The van der Waals surface area contributed by atoms with Crippen LogP contribution in [0, 0.1) is 0 Å². The van der Waals surface area contributed by atoms with Crippen LogP contribution in [0.25, 0.3) is 16.6 Å². The van der Waals surface area contributed by atoms with Gasteiger partial charge < -0.3 is 14.8 Å². The predicted octanol–water partition coefficient (Wildman–Crippen LogP) is 4.30. The Morgan fingerprint density at radius 2 is 1.63 bits per heavy atom. The maximum absolute atomic E-state index is 13.3. The number of nitrogens with zero attached hydrogens (tertiary/aromatic N) is 4. The summed E-state index contributed by atoms with van der Waals surface area (Å²) in [7, 11) is -0.744. The van der Waals surface area contributed by atoms with Gasteiger partial charge in [-0.05, 0) is 48.9 Å². The van der Waals surface area contributed by atoms with Gasteiger partial charge in [-0.1, -0.05) is 41.6 Å². The van der Waals surface area contributed by atoms with Crippen molar-refractivity contribution in [1.82, 2.24) is 19.8 Å². The van der Waals surface area contributed by atoms with Gasteiger partial charge in [0, 0.05) is 5.39 Å². The van der Waals surface area contributed by atoms with E-state index in [1.165, 1.54) is 16.6 Å². The molecule has 0 radical (unpaired) electrons. The molecule has 0 saturated heterocycles. The van der Waals surface area contributed by atoms with E-state index in [-0.39, 0.29) is 21.6 Å². The third-order valence-corrected chi connectivity index (χ3v) is 7.46. The van der Waals surface area contributed by atoms with E-state index in [1.807, 2.05) is 49.4 Å². The lowest BCUT2D eigenvalue weighted by Gasteiger charge is -2.18. The third-order valence-electron chi connectivity index (χ3n) is 5.79. The van der Waals surface area contributed by atoms with E-state index in [4.69, 9.17) is 9.47 Å². The quantitative estimate of drug-likeness (QED) is 0.361. The second-order valence-electron chi connectivity index (χ2n) is 7.90. The number of anilines is 1. The highest BCUT2D eigenvalue weighted by atomic mass is 32.2. The molecule has 1 N–H and O–H groups in total. The average molecular weight is 490 g/mol. The molecule has 0 aliphatic carbocycles. The van der Waals surface area contributed by atoms with Gasteiger partial charge in [0.05, 0.1) is 30.7 Å². The summed E-state index contributed by atoms with van der Waals surface area (Å²) >= 11 is 0. The highest BCUT2D eigenvalue weighted by Gasteiger charge is 2.27. The zero-order chi connectivity index (χ0) is 24.6. The maximum atomic E-state index is 13.3. The van der Waals surface area contributed by atoms with E-state index in [9.17, 15) is 8.42 Å². The molecule has 2 aromatic heterocycles. The minimum Gasteiger partial charge on any atom is -0.493 e. The van der Waals surface area contributed by atoms with Crippen molar-refractivity contribution in [2.75, 3.05) is 19.5 Å². The van der Waals surface area contributed by atoms with Crippen molar-refractivity contribution in [3.63, 3.8) is 0 Å². The van der Waals surface area contributed by atoms with E-state index in [2.05, 4.69) is 20.6 Å². The first-order valence-corrected chi connectivity index (χ1v) is 12.3. The smallest absolute Gasteiger partial charge is 0.229 e. The molecule has 5 aromatic rings. The van der Waals surface area contributed by atoms with Crippen molar-refractivity contribution < 1.29 is 17.9 Å². The highest BCUT2D eigenvalue weighted by molar-refractivity contribution is 7.91. The van der Waals surface area contributed by atoms with Crippen LogP contribution in [0.2, 0.25) is 0 Å². The SMILES string of the molecule is COc1ccc(C(C)Nc2nc3c(S(=O)(=O)c4ccccc4)nnn3c3ccccc23)cc1OC. The summed E-state index contributed by atoms with van der Waals surface area (Å²) in [5.41, 5.74) is 1.77. The number of aromatic nitrogens is 4. The standard InChI is InChI=1S/C25H23N5O4S/c1-16(17-13-14-21(33-2)22(15-17)34-3)26-23-19-11-7-8-12-20(19)30-24(27-23)25(28-29-30)35(31,32)18-9-5-4-6-10-18/h4-16H,1-3H3,(H,26,27). The summed E-state index contributed by atoms with van der Waals surface area (Å²) in [4.78, 5) is 4.82. The fourth-order valence-electron chi connectivity index (χ4n) is 3.95. The van der Waals surface area contributed by atoms with Crippen LogP contribution in [0.15, 0.2) is 82.7 Å². The lowest BCUT2D eigenvalue weighted by atomic mass is 10.1. The van der Waals surface area contributed by atoms with Gasteiger partial charge in [-0.25, -0.2) is 13.4 Å². The van der Waals surface area contributed by atoms with Crippen LogP contribution in [-0.4, -0.2) is 42.4 Å². The highest BCUT2D eigenvalue weighted by Crippen LogP contribution is 2.33. The number of nitrogens with one attached hydrogen (secondary N) is 1. The fraction of sp³-hybridized carbons (Fsp3) is 0.160. The van der Waals surface area contributed by atoms with Crippen molar-refractivity contribution in [3.8, 4) is 11.5 Å². The molecule has 2 heterocycles. The van der Waals surface area contributed by atoms with Crippen molar-refractivity contribution >= 4 is 32.2 Å². The largest absolute Gasteiger partial charge is 0.493 e. The molecule has 0 aliphatic heterocycles. The van der Waals surface area contributed by atoms with Gasteiger partial charge in [-0.2, -0.15) is 4.52 Å². The van der Waals surface area contributed by atoms with Gasteiger partial charge >= 0.3 is 0 Å². The Morgan fingerprint density at radius 1 is 0.914 bits per heavy atom. The lowest BCUT2D eigenvalue weighted by molar-refractivity contribution is 0.354. The molecule has 178 valence electrons. The number of ether oxygens (including phenoxy) is 2. The zero-order valence-corrected chi connectivity index (χ0v) is 20.2. The second kappa shape index (κ2) is 8.88. The number of para-hydroxylation sites is 1. The number of hydrogen-bond acceptors (Lipinski definition) is 8. The molecule has 1 unspecified atom stereocenters. The Kier molecular flexibility index (Phi) is 5.73. The molecule has 3 aromatic carbocycles. The number of sulfone groups is 1. The van der Waals surface area contributed by atoms with E-state index in [0.717, 1.165) is 10.9 Å². The van der Waals surface area contributed by atoms with Crippen molar-refractivity contribution in [3.05, 3.63) is 78.4 Å². The van der Waals surface area contributed by atoms with E-state index in [1.54, 1.807) is 32.4 Å². The van der Waals surface area contributed by atoms with Crippen molar-refractivity contribution in [2.45, 2.75) is 22.9 Å². The van der Waals surface area contributed by atoms with Gasteiger partial charge in [-0.3, -0.25) is 0 Å². The molecule has 35 heavy (non-hydrogen) atoms. The summed E-state index contributed by atoms with van der Waals surface area (Å²) in [6.45, 7) is 1.98. The summed E-state index contributed by atoms with van der Waals surface area (Å²) in [5.74, 6) is 1.76. The van der Waals surface area contributed by atoms with Crippen molar-refractivity contribution in [2.24, 2.45) is 0 Å². The Hall–Kier alpha value is -4.18. The first-order valence-electron chi connectivity index (χ1n) is 10.9. The van der Waals surface area contributed by atoms with Gasteiger partial charge in [0.1, 0.15) is 5.82 Å². The van der Waals surface area contributed by atoms with Crippen LogP contribution in [0.4, 0.5) is 5.82 Å². The minimum atomic E-state index is -3.92. The third kappa shape index (κ3) is 3.91. The van der Waals surface area contributed by atoms with Gasteiger partial charge in [0.25, 0.3) is 0 Å². The first kappa shape index (κ1) is 22.6. The summed E-state index contributed by atoms with van der Waals surface area (Å²) in [6.07, 6.45) is 0. The first-order chi connectivity index (χ1) is 16.9. The molecular weight excluding hydrogens is 466 g/mol. The number of methoxy groups -OCH3 is 2. The van der Waals surface area contributed by atoms with Crippen LogP contribution in [0.5, 0.6) is 11.5 Å². The molecule has 1 atom stereocenters. The monoisotopic (exact) mass is 489 g/mol. The molecule has 0 amide bonds. The molecule has 0 saturated carbocycles. The normalized spacial score (nSPS) is 12.5. The summed E-state index contributed by atoms with van der Waals surface area (Å²) in [6, 6.07) is 21.1. The fourth-order valence-corrected chi connectivity index (χ4v) is 5.21. The van der Waals surface area contributed by atoms with E-state index < -0.39 is 9.84 Å². The van der Waals surface area contributed by atoms with Gasteiger partial charge in [0.2, 0.25) is 14.9 Å². The Balaban J connectivity index is 1.64. The van der Waals surface area contributed by atoms with Crippen LogP contribution in [0.1, 0.15) is 18.5 Å². The average Bonchev–Trinajstić information content (AvgIpc) is 3.34.